The van der Waals surface area contributed by atoms with Crippen LogP contribution in [0.4, 0.5) is 5.82 Å². The number of methoxy groups -OCH3 is 2. The average Bonchev–Trinajstić information content (AvgIpc) is 2.74. The van der Waals surface area contributed by atoms with E-state index in [1.807, 2.05) is 18.7 Å². The van der Waals surface area contributed by atoms with Gasteiger partial charge in [0.05, 0.1) is 25.5 Å². The normalized spacial score (nSPS) is 11.1. The Labute approximate surface area is 126 Å². The molecule has 0 radical (unpaired) electrons. The predicted octanol–water partition coefficient (Wildman–Crippen LogP) is -0.0904. The molecule has 0 unspecified atom stereocenters. The van der Waals surface area contributed by atoms with Crippen LogP contribution in [0.25, 0.3) is 0 Å². The molecule has 2 N–H and O–H groups in total. The minimum atomic E-state index is 0.102. The highest BCUT2D eigenvalue weighted by molar-refractivity contribution is 5.50. The van der Waals surface area contributed by atoms with Gasteiger partial charge in [-0.3, -0.25) is 4.68 Å². The molecule has 0 bridgehead atoms. The molecule has 0 atom stereocenters. The number of nitrogens with one attached hydrogen (secondary N) is 1. The van der Waals surface area contributed by atoms with Gasteiger partial charge in [0.2, 0.25) is 0 Å². The lowest BCUT2D eigenvalue weighted by molar-refractivity contribution is 0.199. The maximum absolute atomic E-state index is 9.29. The van der Waals surface area contributed by atoms with Gasteiger partial charge in [-0.1, -0.05) is 0 Å². The Balaban J connectivity index is 2.85. The summed E-state index contributed by atoms with van der Waals surface area (Å²) in [6, 6.07) is 0. The monoisotopic (exact) mass is 300 g/mol. The first-order valence-corrected chi connectivity index (χ1v) is 7.22. The lowest BCUT2D eigenvalue weighted by atomic mass is 10.2. The highest BCUT2D eigenvalue weighted by atomic mass is 16.5. The predicted molar refractivity (Wildman–Crippen MR) is 82.7 cm³/mol. The molecule has 7 heteroatoms. The van der Waals surface area contributed by atoms with Gasteiger partial charge < -0.3 is 24.8 Å². The third kappa shape index (κ3) is 5.28. The van der Waals surface area contributed by atoms with Crippen molar-refractivity contribution in [2.45, 2.75) is 13.5 Å². The standard InChI is InChI=1S/C14H28N4O3/c1-12-13(11-15-5-9-20-3)14(17(2)16-12)18(6-8-19)7-10-21-4/h15,19H,5-11H2,1-4H3. The van der Waals surface area contributed by atoms with Crippen molar-refractivity contribution in [3.63, 3.8) is 0 Å². The smallest absolute Gasteiger partial charge is 0.131 e. The van der Waals surface area contributed by atoms with Crippen LogP contribution in [-0.4, -0.2) is 68.6 Å². The first-order valence-electron chi connectivity index (χ1n) is 7.22. The molecule has 1 aromatic rings. The summed E-state index contributed by atoms with van der Waals surface area (Å²) < 4.78 is 12.1. The first kappa shape index (κ1) is 17.9. The third-order valence-electron chi connectivity index (χ3n) is 3.33. The summed E-state index contributed by atoms with van der Waals surface area (Å²) in [6.07, 6.45) is 0. The van der Waals surface area contributed by atoms with Gasteiger partial charge in [0.1, 0.15) is 5.82 Å². The lowest BCUT2D eigenvalue weighted by Gasteiger charge is -2.25. The van der Waals surface area contributed by atoms with Gasteiger partial charge in [0.15, 0.2) is 0 Å². The van der Waals surface area contributed by atoms with E-state index in [1.165, 1.54) is 0 Å². The molecule has 0 aromatic carbocycles. The summed E-state index contributed by atoms with van der Waals surface area (Å²) in [5.74, 6) is 1.03. The fraction of sp³-hybridized carbons (Fsp3) is 0.786. The molecule has 0 amide bonds. The van der Waals surface area contributed by atoms with Crippen molar-refractivity contribution >= 4 is 5.82 Å². The molecular weight excluding hydrogens is 272 g/mol. The summed E-state index contributed by atoms with van der Waals surface area (Å²) >= 11 is 0. The number of rotatable bonds is 11. The topological polar surface area (TPSA) is 71.8 Å². The zero-order chi connectivity index (χ0) is 15.7. The van der Waals surface area contributed by atoms with Crippen molar-refractivity contribution in [2.24, 2.45) is 7.05 Å². The van der Waals surface area contributed by atoms with E-state index in [0.717, 1.165) is 36.7 Å². The summed E-state index contributed by atoms with van der Waals surface area (Å²) in [5, 5.41) is 17.1. The van der Waals surface area contributed by atoms with E-state index in [-0.39, 0.29) is 6.61 Å². The van der Waals surface area contributed by atoms with Gasteiger partial charge in [-0.25, -0.2) is 0 Å². The molecule has 0 saturated heterocycles. The highest BCUT2D eigenvalue weighted by Gasteiger charge is 2.18. The van der Waals surface area contributed by atoms with Crippen molar-refractivity contribution in [3.05, 3.63) is 11.3 Å². The molecule has 7 nitrogen and oxygen atoms in total. The molecule has 0 aliphatic rings. The second kappa shape index (κ2) is 9.73. The highest BCUT2D eigenvalue weighted by Crippen LogP contribution is 2.22. The fourth-order valence-electron chi connectivity index (χ4n) is 2.33. The van der Waals surface area contributed by atoms with Crippen LogP contribution in [0, 0.1) is 6.92 Å². The summed E-state index contributed by atoms with van der Waals surface area (Å²) in [7, 11) is 5.30. The Morgan fingerprint density at radius 3 is 2.57 bits per heavy atom. The maximum Gasteiger partial charge on any atom is 0.131 e. The molecule has 21 heavy (non-hydrogen) atoms. The molecule has 122 valence electrons. The Hall–Kier alpha value is -1.15. The van der Waals surface area contributed by atoms with E-state index in [1.54, 1.807) is 14.2 Å². The SMILES string of the molecule is COCCNCc1c(C)nn(C)c1N(CCO)CCOC. The van der Waals surface area contributed by atoms with Gasteiger partial charge in [0.25, 0.3) is 0 Å². The van der Waals surface area contributed by atoms with Gasteiger partial charge in [-0.05, 0) is 6.92 Å². The first-order chi connectivity index (χ1) is 10.2. The number of aromatic nitrogens is 2. The van der Waals surface area contributed by atoms with E-state index >= 15 is 0 Å². The number of hydrogen-bond acceptors (Lipinski definition) is 6. The molecule has 0 saturated carbocycles. The van der Waals surface area contributed by atoms with Crippen LogP contribution < -0.4 is 10.2 Å². The number of aryl methyl sites for hydroxylation is 2. The summed E-state index contributed by atoms with van der Waals surface area (Å²) in [6.45, 7) is 6.21. The molecular formula is C14H28N4O3. The molecule has 0 aliphatic carbocycles. The van der Waals surface area contributed by atoms with Crippen LogP contribution in [0.5, 0.6) is 0 Å². The minimum Gasteiger partial charge on any atom is -0.395 e. The molecule has 0 aliphatic heterocycles. The zero-order valence-electron chi connectivity index (χ0n) is 13.6. The van der Waals surface area contributed by atoms with Crippen LogP contribution in [0.15, 0.2) is 0 Å². The second-order valence-electron chi connectivity index (χ2n) is 4.88. The van der Waals surface area contributed by atoms with Crippen molar-refractivity contribution in [1.82, 2.24) is 15.1 Å². The van der Waals surface area contributed by atoms with Crippen LogP contribution in [-0.2, 0) is 23.1 Å². The van der Waals surface area contributed by atoms with Gasteiger partial charge >= 0.3 is 0 Å². The number of hydrogen-bond donors (Lipinski definition) is 2. The van der Waals surface area contributed by atoms with Gasteiger partial charge in [-0.2, -0.15) is 5.10 Å². The maximum atomic E-state index is 9.29. The molecule has 0 spiro atoms. The van der Waals surface area contributed by atoms with E-state index in [4.69, 9.17) is 9.47 Å². The quantitative estimate of drug-likeness (QED) is 0.557. The Bertz CT molecular complexity index is 409. The molecule has 1 aromatic heterocycles. The van der Waals surface area contributed by atoms with Gasteiger partial charge in [-0.15, -0.1) is 0 Å². The van der Waals surface area contributed by atoms with Crippen LogP contribution in [0.2, 0.25) is 0 Å². The van der Waals surface area contributed by atoms with Crippen molar-refractivity contribution in [1.29, 1.82) is 0 Å². The minimum absolute atomic E-state index is 0.102. The molecule has 1 heterocycles. The third-order valence-corrected chi connectivity index (χ3v) is 3.33. The molecule has 1 rings (SSSR count). The lowest BCUT2D eigenvalue weighted by Crippen LogP contribution is -2.33. The number of aliphatic hydroxyl groups excluding tert-OH is 1. The Morgan fingerprint density at radius 2 is 1.95 bits per heavy atom. The summed E-state index contributed by atoms with van der Waals surface area (Å²) in [5.41, 5.74) is 2.15. The van der Waals surface area contributed by atoms with Crippen LogP contribution in [0.3, 0.4) is 0 Å². The van der Waals surface area contributed by atoms with Crippen molar-refractivity contribution in [3.8, 4) is 0 Å². The van der Waals surface area contributed by atoms with E-state index in [2.05, 4.69) is 15.3 Å². The van der Waals surface area contributed by atoms with E-state index in [9.17, 15) is 5.11 Å². The fourth-order valence-corrected chi connectivity index (χ4v) is 2.33. The van der Waals surface area contributed by atoms with Crippen molar-refractivity contribution < 1.29 is 14.6 Å². The molecule has 0 fully saturated rings. The number of nitrogens with zero attached hydrogens (tertiary/aromatic N) is 3. The van der Waals surface area contributed by atoms with Gasteiger partial charge in [0, 0.05) is 53.0 Å². The largest absolute Gasteiger partial charge is 0.395 e. The number of anilines is 1. The average molecular weight is 300 g/mol. The summed E-state index contributed by atoms with van der Waals surface area (Å²) in [4.78, 5) is 2.11. The van der Waals surface area contributed by atoms with Crippen LogP contribution in [0.1, 0.15) is 11.3 Å². The van der Waals surface area contributed by atoms with E-state index < -0.39 is 0 Å². The number of ether oxygens (including phenoxy) is 2. The zero-order valence-corrected chi connectivity index (χ0v) is 13.6. The van der Waals surface area contributed by atoms with E-state index in [0.29, 0.717) is 19.8 Å². The number of aliphatic hydroxyl groups is 1. The van der Waals surface area contributed by atoms with Crippen molar-refractivity contribution in [2.75, 3.05) is 58.6 Å². The van der Waals surface area contributed by atoms with Crippen LogP contribution >= 0.6 is 0 Å². The second-order valence-corrected chi connectivity index (χ2v) is 4.88. The Morgan fingerprint density at radius 1 is 1.24 bits per heavy atom. The Kier molecular flexibility index (Phi) is 8.29.